The number of likely N-dealkylation sites (N-methyl/N-ethyl adjacent to an activating group) is 2. The zero-order chi connectivity index (χ0) is 15.2. The summed E-state index contributed by atoms with van der Waals surface area (Å²) in [5.74, 6) is -0.884. The third kappa shape index (κ3) is 4.81. The van der Waals surface area contributed by atoms with Gasteiger partial charge in [0.1, 0.15) is 0 Å². The Morgan fingerprint density at radius 3 is 2.76 bits per heavy atom. The molecule has 1 aromatic rings. The van der Waals surface area contributed by atoms with Crippen LogP contribution in [0.2, 0.25) is 0 Å². The van der Waals surface area contributed by atoms with E-state index in [0.29, 0.717) is 5.56 Å². The van der Waals surface area contributed by atoms with Crippen LogP contribution in [0, 0.1) is 0 Å². The molecule has 1 fully saturated rings. The van der Waals surface area contributed by atoms with E-state index >= 15 is 0 Å². The number of carboxylic acid groups (broad SMARTS) is 1. The van der Waals surface area contributed by atoms with Gasteiger partial charge in [-0.25, -0.2) is 4.79 Å². The molecule has 1 N–H and O–H groups in total. The van der Waals surface area contributed by atoms with Crippen LogP contribution in [-0.4, -0.2) is 66.8 Å². The average molecular weight is 292 g/mol. The van der Waals surface area contributed by atoms with Crippen LogP contribution in [0.5, 0.6) is 0 Å². The van der Waals surface area contributed by atoms with E-state index in [2.05, 4.69) is 23.8 Å². The predicted molar refractivity (Wildman–Crippen MR) is 81.6 cm³/mol. The first-order valence-corrected chi connectivity index (χ1v) is 7.43. The number of hydrogen-bond donors (Lipinski definition) is 1. The summed E-state index contributed by atoms with van der Waals surface area (Å²) in [4.78, 5) is 15.5. The first kappa shape index (κ1) is 15.9. The molecular formula is C16H24N2O3. The number of benzene rings is 1. The van der Waals surface area contributed by atoms with Crippen molar-refractivity contribution in [2.45, 2.75) is 19.6 Å². The van der Waals surface area contributed by atoms with E-state index in [1.165, 1.54) is 0 Å². The zero-order valence-corrected chi connectivity index (χ0v) is 12.8. The summed E-state index contributed by atoms with van der Waals surface area (Å²) in [7, 11) is 2.07. The normalized spacial score (nSPS) is 19.9. The van der Waals surface area contributed by atoms with Crippen molar-refractivity contribution in [1.29, 1.82) is 0 Å². The smallest absolute Gasteiger partial charge is 0.335 e. The molecule has 5 heteroatoms. The number of carbonyl (C=O) groups is 1. The number of morpholine rings is 1. The number of hydrogen-bond acceptors (Lipinski definition) is 4. The Labute approximate surface area is 126 Å². The fourth-order valence-corrected chi connectivity index (χ4v) is 2.65. The second-order valence-corrected chi connectivity index (χ2v) is 5.58. The number of aromatic carboxylic acids is 1. The maximum Gasteiger partial charge on any atom is 0.335 e. The molecule has 1 saturated heterocycles. The minimum Gasteiger partial charge on any atom is -0.478 e. The van der Waals surface area contributed by atoms with Crippen LogP contribution in [0.3, 0.4) is 0 Å². The SMILES string of the molecule is CCN1CCOC(CN(C)Cc2ccc(C(=O)O)cc2)C1. The highest BCUT2D eigenvalue weighted by atomic mass is 16.5. The summed E-state index contributed by atoms with van der Waals surface area (Å²) >= 11 is 0. The molecule has 0 radical (unpaired) electrons. The van der Waals surface area contributed by atoms with Crippen LogP contribution >= 0.6 is 0 Å². The lowest BCUT2D eigenvalue weighted by molar-refractivity contribution is -0.0397. The maximum atomic E-state index is 10.8. The van der Waals surface area contributed by atoms with E-state index in [-0.39, 0.29) is 6.10 Å². The fraction of sp³-hybridized carbons (Fsp3) is 0.562. The van der Waals surface area contributed by atoms with Gasteiger partial charge in [0.05, 0.1) is 18.3 Å². The van der Waals surface area contributed by atoms with Crippen LogP contribution < -0.4 is 0 Å². The fourth-order valence-electron chi connectivity index (χ4n) is 2.65. The molecule has 1 aliphatic heterocycles. The van der Waals surface area contributed by atoms with E-state index in [0.717, 1.165) is 44.9 Å². The highest BCUT2D eigenvalue weighted by molar-refractivity contribution is 5.87. The molecule has 1 heterocycles. The van der Waals surface area contributed by atoms with E-state index in [1.54, 1.807) is 12.1 Å². The molecular weight excluding hydrogens is 268 g/mol. The van der Waals surface area contributed by atoms with E-state index in [4.69, 9.17) is 9.84 Å². The third-order valence-electron chi connectivity index (χ3n) is 3.84. The lowest BCUT2D eigenvalue weighted by atomic mass is 10.1. The van der Waals surface area contributed by atoms with E-state index in [9.17, 15) is 4.79 Å². The second kappa shape index (κ2) is 7.54. The van der Waals surface area contributed by atoms with Gasteiger partial charge in [-0.05, 0) is 31.3 Å². The average Bonchev–Trinajstić information content (AvgIpc) is 2.47. The standard InChI is InChI=1S/C16H24N2O3/c1-3-18-8-9-21-15(12-18)11-17(2)10-13-4-6-14(7-5-13)16(19)20/h4-7,15H,3,8-12H2,1-2H3,(H,19,20). The van der Waals surface area contributed by atoms with Crippen molar-refractivity contribution in [2.75, 3.05) is 39.8 Å². The molecule has 0 aromatic heterocycles. The number of ether oxygens (including phenoxy) is 1. The Morgan fingerprint density at radius 1 is 1.43 bits per heavy atom. The molecule has 116 valence electrons. The predicted octanol–water partition coefficient (Wildman–Crippen LogP) is 1.54. The summed E-state index contributed by atoms with van der Waals surface area (Å²) in [6, 6.07) is 7.06. The second-order valence-electron chi connectivity index (χ2n) is 5.58. The lowest BCUT2D eigenvalue weighted by Gasteiger charge is -2.34. The molecule has 0 amide bonds. The summed E-state index contributed by atoms with van der Waals surface area (Å²) in [6.45, 7) is 7.74. The number of nitrogens with zero attached hydrogens (tertiary/aromatic N) is 2. The topological polar surface area (TPSA) is 53.0 Å². The summed E-state index contributed by atoms with van der Waals surface area (Å²) in [5.41, 5.74) is 1.45. The summed E-state index contributed by atoms with van der Waals surface area (Å²) in [6.07, 6.45) is 0.252. The van der Waals surface area contributed by atoms with Crippen molar-refractivity contribution >= 4 is 5.97 Å². The number of rotatable bonds is 6. The van der Waals surface area contributed by atoms with Crippen molar-refractivity contribution in [3.63, 3.8) is 0 Å². The van der Waals surface area contributed by atoms with E-state index < -0.39 is 5.97 Å². The molecule has 0 aliphatic carbocycles. The molecule has 5 nitrogen and oxygen atoms in total. The maximum absolute atomic E-state index is 10.8. The highest BCUT2D eigenvalue weighted by Gasteiger charge is 2.20. The van der Waals surface area contributed by atoms with Gasteiger partial charge in [-0.1, -0.05) is 19.1 Å². The Morgan fingerprint density at radius 2 is 2.14 bits per heavy atom. The Hall–Kier alpha value is -1.43. The molecule has 1 atom stereocenters. The Balaban J connectivity index is 1.83. The van der Waals surface area contributed by atoms with Crippen LogP contribution in [0.1, 0.15) is 22.8 Å². The van der Waals surface area contributed by atoms with Gasteiger partial charge in [-0.3, -0.25) is 9.80 Å². The van der Waals surface area contributed by atoms with E-state index in [1.807, 2.05) is 12.1 Å². The summed E-state index contributed by atoms with van der Waals surface area (Å²) in [5, 5.41) is 8.89. The molecule has 1 unspecified atom stereocenters. The molecule has 0 saturated carbocycles. The Kier molecular flexibility index (Phi) is 5.73. The molecule has 2 rings (SSSR count). The highest BCUT2D eigenvalue weighted by Crippen LogP contribution is 2.10. The molecule has 1 aromatic carbocycles. The van der Waals surface area contributed by atoms with Gasteiger partial charge < -0.3 is 9.84 Å². The zero-order valence-electron chi connectivity index (χ0n) is 12.8. The lowest BCUT2D eigenvalue weighted by Crippen LogP contribution is -2.46. The largest absolute Gasteiger partial charge is 0.478 e. The Bertz CT molecular complexity index is 461. The molecule has 1 aliphatic rings. The van der Waals surface area contributed by atoms with Gasteiger partial charge in [-0.2, -0.15) is 0 Å². The van der Waals surface area contributed by atoms with Crippen molar-refractivity contribution in [1.82, 2.24) is 9.80 Å². The molecule has 0 bridgehead atoms. The van der Waals surface area contributed by atoms with Crippen molar-refractivity contribution in [2.24, 2.45) is 0 Å². The third-order valence-corrected chi connectivity index (χ3v) is 3.84. The van der Waals surface area contributed by atoms with Crippen molar-refractivity contribution < 1.29 is 14.6 Å². The molecule has 0 spiro atoms. The monoisotopic (exact) mass is 292 g/mol. The van der Waals surface area contributed by atoms with Crippen molar-refractivity contribution in [3.8, 4) is 0 Å². The van der Waals surface area contributed by atoms with Gasteiger partial charge in [0.2, 0.25) is 0 Å². The van der Waals surface area contributed by atoms with Gasteiger partial charge in [0, 0.05) is 26.2 Å². The van der Waals surface area contributed by atoms with Crippen molar-refractivity contribution in [3.05, 3.63) is 35.4 Å². The van der Waals surface area contributed by atoms with Gasteiger partial charge in [-0.15, -0.1) is 0 Å². The summed E-state index contributed by atoms with van der Waals surface area (Å²) < 4.78 is 5.81. The van der Waals surface area contributed by atoms with Gasteiger partial charge >= 0.3 is 5.97 Å². The van der Waals surface area contributed by atoms with Gasteiger partial charge in [0.25, 0.3) is 0 Å². The van der Waals surface area contributed by atoms with Crippen LogP contribution in [-0.2, 0) is 11.3 Å². The van der Waals surface area contributed by atoms with Gasteiger partial charge in [0.15, 0.2) is 0 Å². The van der Waals surface area contributed by atoms with Crippen LogP contribution in [0.4, 0.5) is 0 Å². The molecule has 21 heavy (non-hydrogen) atoms. The van der Waals surface area contributed by atoms with Crippen LogP contribution in [0.25, 0.3) is 0 Å². The number of carboxylic acids is 1. The first-order valence-electron chi connectivity index (χ1n) is 7.43. The quantitative estimate of drug-likeness (QED) is 0.862. The minimum absolute atomic E-state index is 0.252. The first-order chi connectivity index (χ1) is 10.1. The van der Waals surface area contributed by atoms with Crippen LogP contribution in [0.15, 0.2) is 24.3 Å². The minimum atomic E-state index is -0.884.